The normalized spacial score (nSPS) is 11.4. The maximum atomic E-state index is 12.8. The molecule has 1 atom stereocenters. The summed E-state index contributed by atoms with van der Waals surface area (Å²) in [5.74, 6) is 0.0536. The van der Waals surface area contributed by atoms with Gasteiger partial charge in [0, 0.05) is 0 Å². The zero-order valence-electron chi connectivity index (χ0n) is 17.4. The Balaban J connectivity index is 1.63. The van der Waals surface area contributed by atoms with Crippen LogP contribution in [0.4, 0.5) is 5.69 Å². The quantitative estimate of drug-likeness (QED) is 0.596. The van der Waals surface area contributed by atoms with Gasteiger partial charge in [0.1, 0.15) is 5.75 Å². The third kappa shape index (κ3) is 5.47. The van der Waals surface area contributed by atoms with Gasteiger partial charge >= 0.3 is 0 Å². The smallest absolute Gasteiger partial charge is 0.262 e. The summed E-state index contributed by atoms with van der Waals surface area (Å²) in [4.78, 5) is 25.2. The lowest BCUT2D eigenvalue weighted by Gasteiger charge is -2.16. The van der Waals surface area contributed by atoms with Crippen molar-refractivity contribution >= 4 is 17.5 Å². The van der Waals surface area contributed by atoms with E-state index in [1.807, 2.05) is 69.3 Å². The fourth-order valence-corrected chi connectivity index (χ4v) is 3.03. The number of carbonyl (C=O) groups is 2. The molecule has 0 fully saturated rings. The lowest BCUT2D eigenvalue weighted by Crippen LogP contribution is -2.28. The zero-order valence-corrected chi connectivity index (χ0v) is 17.4. The van der Waals surface area contributed by atoms with Crippen LogP contribution in [0.1, 0.15) is 40.0 Å². The van der Waals surface area contributed by atoms with E-state index in [1.54, 1.807) is 24.3 Å². The number of hydrogen-bond donors (Lipinski definition) is 2. The van der Waals surface area contributed by atoms with Gasteiger partial charge < -0.3 is 15.4 Å². The van der Waals surface area contributed by atoms with Crippen LogP contribution in [0.5, 0.6) is 5.75 Å². The number of rotatable bonds is 7. The summed E-state index contributed by atoms with van der Waals surface area (Å²) < 4.78 is 5.59. The molecule has 154 valence electrons. The molecule has 5 heteroatoms. The molecule has 0 aliphatic rings. The van der Waals surface area contributed by atoms with Crippen molar-refractivity contribution in [2.75, 3.05) is 11.9 Å². The molecule has 0 heterocycles. The molecule has 0 aliphatic carbocycles. The van der Waals surface area contributed by atoms with Gasteiger partial charge in [0.2, 0.25) is 0 Å². The molecule has 0 saturated heterocycles. The zero-order chi connectivity index (χ0) is 21.5. The first-order chi connectivity index (χ1) is 14.4. The molecule has 3 aromatic rings. The van der Waals surface area contributed by atoms with Crippen molar-refractivity contribution in [3.63, 3.8) is 0 Å². The van der Waals surface area contributed by atoms with Gasteiger partial charge in [-0.25, -0.2) is 0 Å². The second-order valence-corrected chi connectivity index (χ2v) is 7.23. The fourth-order valence-electron chi connectivity index (χ4n) is 3.03. The van der Waals surface area contributed by atoms with Crippen molar-refractivity contribution in [2.24, 2.45) is 0 Å². The molecule has 0 spiro atoms. The van der Waals surface area contributed by atoms with E-state index < -0.39 is 0 Å². The van der Waals surface area contributed by atoms with Gasteiger partial charge in [-0.3, -0.25) is 9.59 Å². The molecule has 2 amide bonds. The summed E-state index contributed by atoms with van der Waals surface area (Å²) in [5, 5.41) is 5.75. The molecule has 0 bridgehead atoms. The summed E-state index contributed by atoms with van der Waals surface area (Å²) in [6.07, 6.45) is 0. The van der Waals surface area contributed by atoms with E-state index >= 15 is 0 Å². The number of carbonyl (C=O) groups excluding carboxylic acids is 2. The first kappa shape index (κ1) is 21.1. The highest BCUT2D eigenvalue weighted by Crippen LogP contribution is 2.19. The summed E-state index contributed by atoms with van der Waals surface area (Å²) in [5.41, 5.74) is 4.12. The van der Waals surface area contributed by atoms with Crippen molar-refractivity contribution < 1.29 is 14.3 Å². The minimum Gasteiger partial charge on any atom is -0.484 e. The molecule has 0 unspecified atom stereocenters. The highest BCUT2D eigenvalue weighted by molar-refractivity contribution is 6.04. The minimum absolute atomic E-state index is 0.140. The Morgan fingerprint density at radius 3 is 2.33 bits per heavy atom. The van der Waals surface area contributed by atoms with Crippen molar-refractivity contribution in [1.29, 1.82) is 0 Å². The number of hydrogen-bond acceptors (Lipinski definition) is 3. The van der Waals surface area contributed by atoms with E-state index in [4.69, 9.17) is 4.74 Å². The topological polar surface area (TPSA) is 67.4 Å². The molecule has 30 heavy (non-hydrogen) atoms. The monoisotopic (exact) mass is 402 g/mol. The van der Waals surface area contributed by atoms with Crippen LogP contribution < -0.4 is 15.4 Å². The summed E-state index contributed by atoms with van der Waals surface area (Å²) in [7, 11) is 0. The largest absolute Gasteiger partial charge is 0.484 e. The number of aryl methyl sites for hydroxylation is 2. The Hall–Kier alpha value is -3.60. The van der Waals surface area contributed by atoms with Crippen LogP contribution in [-0.2, 0) is 4.79 Å². The van der Waals surface area contributed by atoms with Gasteiger partial charge in [-0.1, -0.05) is 48.5 Å². The van der Waals surface area contributed by atoms with E-state index in [2.05, 4.69) is 10.6 Å². The molecule has 0 aromatic heterocycles. The van der Waals surface area contributed by atoms with E-state index in [0.717, 1.165) is 16.7 Å². The highest BCUT2D eigenvalue weighted by atomic mass is 16.5. The van der Waals surface area contributed by atoms with Crippen LogP contribution in [0.25, 0.3) is 0 Å². The van der Waals surface area contributed by atoms with Crippen molar-refractivity contribution in [3.8, 4) is 5.75 Å². The Morgan fingerprint density at radius 1 is 0.900 bits per heavy atom. The molecule has 2 N–H and O–H groups in total. The predicted molar refractivity (Wildman–Crippen MR) is 119 cm³/mol. The summed E-state index contributed by atoms with van der Waals surface area (Å²) >= 11 is 0. The molecule has 3 rings (SSSR count). The average Bonchev–Trinajstić information content (AvgIpc) is 2.75. The third-order valence-corrected chi connectivity index (χ3v) is 4.94. The number of para-hydroxylation sites is 1. The molecule has 3 aromatic carbocycles. The first-order valence-electron chi connectivity index (χ1n) is 9.89. The minimum atomic E-state index is -0.329. The van der Waals surface area contributed by atoms with Crippen molar-refractivity contribution in [2.45, 2.75) is 26.8 Å². The Kier molecular flexibility index (Phi) is 6.86. The lowest BCUT2D eigenvalue weighted by atomic mass is 10.1. The molecule has 5 nitrogen and oxygen atoms in total. The second kappa shape index (κ2) is 9.74. The van der Waals surface area contributed by atoms with Gasteiger partial charge in [-0.05, 0) is 61.7 Å². The van der Waals surface area contributed by atoms with Crippen LogP contribution in [0.15, 0.2) is 72.8 Å². The Bertz CT molecular complexity index is 1030. The number of benzene rings is 3. The van der Waals surface area contributed by atoms with Gasteiger partial charge in [-0.15, -0.1) is 0 Å². The third-order valence-electron chi connectivity index (χ3n) is 4.94. The van der Waals surface area contributed by atoms with Crippen LogP contribution in [-0.4, -0.2) is 18.4 Å². The SMILES string of the molecule is Cc1ccc(OCC(=O)Nc2ccccc2C(=O)N[C@H](C)c2ccccc2)cc1C. The van der Waals surface area contributed by atoms with Crippen LogP contribution in [0, 0.1) is 13.8 Å². The molecule has 0 aliphatic heterocycles. The molecule has 0 radical (unpaired) electrons. The second-order valence-electron chi connectivity index (χ2n) is 7.23. The van der Waals surface area contributed by atoms with E-state index in [9.17, 15) is 9.59 Å². The van der Waals surface area contributed by atoms with Gasteiger partial charge in [0.25, 0.3) is 11.8 Å². The lowest BCUT2D eigenvalue weighted by molar-refractivity contribution is -0.118. The van der Waals surface area contributed by atoms with E-state index in [0.29, 0.717) is 17.0 Å². The van der Waals surface area contributed by atoms with Crippen LogP contribution >= 0.6 is 0 Å². The summed E-state index contributed by atoms with van der Waals surface area (Å²) in [6.45, 7) is 5.80. The number of anilines is 1. The van der Waals surface area contributed by atoms with Gasteiger partial charge in [-0.2, -0.15) is 0 Å². The van der Waals surface area contributed by atoms with Crippen molar-refractivity contribution in [3.05, 3.63) is 95.1 Å². The van der Waals surface area contributed by atoms with Gasteiger partial charge in [0.15, 0.2) is 6.61 Å². The Labute approximate surface area is 177 Å². The number of ether oxygens (including phenoxy) is 1. The highest BCUT2D eigenvalue weighted by Gasteiger charge is 2.16. The summed E-state index contributed by atoms with van der Waals surface area (Å²) in [6, 6.07) is 22.2. The van der Waals surface area contributed by atoms with Crippen LogP contribution in [0.2, 0.25) is 0 Å². The van der Waals surface area contributed by atoms with Crippen molar-refractivity contribution in [1.82, 2.24) is 5.32 Å². The average molecular weight is 402 g/mol. The predicted octanol–water partition coefficient (Wildman–Crippen LogP) is 4.81. The van der Waals surface area contributed by atoms with Crippen LogP contribution in [0.3, 0.4) is 0 Å². The van der Waals surface area contributed by atoms with E-state index in [1.165, 1.54) is 0 Å². The Morgan fingerprint density at radius 2 is 1.60 bits per heavy atom. The molecular weight excluding hydrogens is 376 g/mol. The molecule has 0 saturated carbocycles. The first-order valence-corrected chi connectivity index (χ1v) is 9.89. The standard InChI is InChI=1S/C25H26N2O3/c1-17-13-14-21(15-18(17)2)30-16-24(28)27-23-12-8-7-11-22(23)25(29)26-19(3)20-9-5-4-6-10-20/h4-15,19H,16H2,1-3H3,(H,26,29)(H,27,28)/t19-/m1/s1. The molecular formula is C25H26N2O3. The maximum Gasteiger partial charge on any atom is 0.262 e. The number of nitrogens with one attached hydrogen (secondary N) is 2. The number of amides is 2. The van der Waals surface area contributed by atoms with Gasteiger partial charge in [0.05, 0.1) is 17.3 Å². The van der Waals surface area contributed by atoms with E-state index in [-0.39, 0.29) is 24.5 Å². The fraction of sp³-hybridized carbons (Fsp3) is 0.200. The maximum absolute atomic E-state index is 12.8.